The zero-order valence-corrected chi connectivity index (χ0v) is 18.4. The van der Waals surface area contributed by atoms with Gasteiger partial charge in [-0.15, -0.1) is 0 Å². The van der Waals surface area contributed by atoms with E-state index in [4.69, 9.17) is 21.1 Å². The van der Waals surface area contributed by atoms with Crippen LogP contribution in [0, 0.1) is 28.6 Å². The highest BCUT2D eigenvalue weighted by Gasteiger charge is 2.64. The quantitative estimate of drug-likeness (QED) is 0.435. The highest BCUT2D eigenvalue weighted by Crippen LogP contribution is 2.63. The van der Waals surface area contributed by atoms with Crippen molar-refractivity contribution in [2.75, 3.05) is 0 Å². The molecule has 0 radical (unpaired) electrons. The molecule has 4 nitrogen and oxygen atoms in total. The number of carbonyl (C=O) groups excluding carboxylic acids is 1. The maximum absolute atomic E-state index is 13.0. The molecule has 0 heterocycles. The minimum Gasteiger partial charge on any atom is -0.457 e. The predicted molar refractivity (Wildman–Crippen MR) is 113 cm³/mol. The van der Waals surface area contributed by atoms with Gasteiger partial charge in [0.05, 0.1) is 5.92 Å². The molecule has 0 aliphatic heterocycles. The zero-order chi connectivity index (χ0) is 23.7. The van der Waals surface area contributed by atoms with E-state index < -0.39 is 40.5 Å². The number of nitrogens with zero attached hydrogens (tertiary/aromatic N) is 1. The normalized spacial score (nSPS) is 21.1. The first-order chi connectivity index (χ1) is 15.0. The Balaban J connectivity index is 1.76. The largest absolute Gasteiger partial charge is 0.457 e. The average molecular weight is 464 g/mol. The lowest BCUT2D eigenvalue weighted by Crippen LogP contribution is -2.15. The molecule has 3 atom stereocenters. The highest BCUT2D eigenvalue weighted by molar-refractivity contribution is 6.30. The van der Waals surface area contributed by atoms with Gasteiger partial charge in [-0.1, -0.05) is 55.8 Å². The molecule has 1 aliphatic rings. The lowest BCUT2D eigenvalue weighted by molar-refractivity contribution is -0.149. The summed E-state index contributed by atoms with van der Waals surface area (Å²) in [4.78, 5) is 12.8. The third kappa shape index (κ3) is 4.91. The third-order valence-corrected chi connectivity index (χ3v) is 6.15. The SMILES string of the molecule is CC(=C(Cl)C(F)(F)F)[C@@H]1[C@H](C(=O)OC(C#N)c2cccc(Oc3ccccc3)c2)C1(C)C. The van der Waals surface area contributed by atoms with Crippen LogP contribution in [0.2, 0.25) is 0 Å². The molecule has 2 aromatic rings. The van der Waals surface area contributed by atoms with Crippen molar-refractivity contribution in [3.05, 3.63) is 70.8 Å². The fourth-order valence-corrected chi connectivity index (χ4v) is 4.09. The summed E-state index contributed by atoms with van der Waals surface area (Å²) >= 11 is 5.49. The number of ether oxygens (including phenoxy) is 2. The van der Waals surface area contributed by atoms with Crippen LogP contribution in [0.25, 0.3) is 0 Å². The molecule has 0 N–H and O–H groups in total. The van der Waals surface area contributed by atoms with Gasteiger partial charge in [-0.05, 0) is 42.2 Å². The van der Waals surface area contributed by atoms with Crippen molar-refractivity contribution in [1.29, 1.82) is 5.26 Å². The molecule has 0 amide bonds. The Labute approximate surface area is 189 Å². The van der Waals surface area contributed by atoms with Gasteiger partial charge in [-0.3, -0.25) is 4.79 Å². The summed E-state index contributed by atoms with van der Waals surface area (Å²) in [6.07, 6.45) is -5.92. The number of rotatable bonds is 6. The van der Waals surface area contributed by atoms with Crippen molar-refractivity contribution in [3.63, 3.8) is 0 Å². The smallest absolute Gasteiger partial charge is 0.426 e. The Kier molecular flexibility index (Phi) is 6.56. The molecule has 1 aliphatic carbocycles. The van der Waals surface area contributed by atoms with Gasteiger partial charge in [0.25, 0.3) is 0 Å². The standard InChI is InChI=1S/C24H21ClF3NO3/c1-14(21(25)24(26,27)28)19-20(23(19,2)3)22(30)32-18(13-29)15-8-7-11-17(12-15)31-16-9-5-4-6-10-16/h4-12,18-20H,1-3H3/t18?,19-,20-/m1/s1. The Bertz CT molecular complexity index is 1070. The summed E-state index contributed by atoms with van der Waals surface area (Å²) in [6.45, 7) is 4.61. The van der Waals surface area contributed by atoms with E-state index in [0.717, 1.165) is 0 Å². The van der Waals surface area contributed by atoms with Crippen LogP contribution < -0.4 is 4.74 Å². The van der Waals surface area contributed by atoms with Crippen molar-refractivity contribution >= 4 is 17.6 Å². The van der Waals surface area contributed by atoms with E-state index in [-0.39, 0.29) is 5.57 Å². The fourth-order valence-electron chi connectivity index (χ4n) is 3.97. The average Bonchev–Trinajstić information content (AvgIpc) is 3.33. The number of halogens is 4. The number of alkyl halides is 3. The number of carbonyl (C=O) groups is 1. The second-order valence-corrected chi connectivity index (χ2v) is 8.58. The van der Waals surface area contributed by atoms with Gasteiger partial charge >= 0.3 is 12.1 Å². The topological polar surface area (TPSA) is 59.3 Å². The lowest BCUT2D eigenvalue weighted by Gasteiger charge is -2.14. The van der Waals surface area contributed by atoms with E-state index in [2.05, 4.69) is 0 Å². The number of allylic oxidation sites excluding steroid dienone is 2. The second kappa shape index (κ2) is 8.87. The number of hydrogen-bond acceptors (Lipinski definition) is 4. The minimum absolute atomic E-state index is 0.113. The van der Waals surface area contributed by atoms with E-state index >= 15 is 0 Å². The van der Waals surface area contributed by atoms with Crippen LogP contribution in [0.1, 0.15) is 32.4 Å². The molecule has 3 rings (SSSR count). The molecule has 0 aromatic heterocycles. The summed E-state index contributed by atoms with van der Waals surface area (Å²) in [7, 11) is 0. The summed E-state index contributed by atoms with van der Waals surface area (Å²) in [5, 5.41) is 8.34. The van der Waals surface area contributed by atoms with Crippen LogP contribution >= 0.6 is 11.6 Å². The molecule has 0 saturated heterocycles. The maximum Gasteiger partial charge on any atom is 0.426 e. The molecule has 32 heavy (non-hydrogen) atoms. The van der Waals surface area contributed by atoms with E-state index in [1.165, 1.54) is 6.92 Å². The lowest BCUT2D eigenvalue weighted by atomic mass is 10.0. The van der Waals surface area contributed by atoms with Crippen LogP contribution in [0.5, 0.6) is 11.5 Å². The molecular weight excluding hydrogens is 443 g/mol. The van der Waals surface area contributed by atoms with Gasteiger partial charge in [0.2, 0.25) is 6.10 Å². The van der Waals surface area contributed by atoms with Gasteiger partial charge < -0.3 is 9.47 Å². The van der Waals surface area contributed by atoms with Crippen molar-refractivity contribution in [2.45, 2.75) is 33.1 Å². The molecule has 0 bridgehead atoms. The van der Waals surface area contributed by atoms with Gasteiger partial charge in [0.15, 0.2) is 0 Å². The van der Waals surface area contributed by atoms with Crippen LogP contribution in [-0.2, 0) is 9.53 Å². The van der Waals surface area contributed by atoms with Crippen LogP contribution in [-0.4, -0.2) is 12.1 Å². The fraction of sp³-hybridized carbons (Fsp3) is 0.333. The van der Waals surface area contributed by atoms with Crippen molar-refractivity contribution < 1.29 is 27.4 Å². The van der Waals surface area contributed by atoms with Gasteiger partial charge in [0.1, 0.15) is 22.6 Å². The number of nitriles is 1. The molecule has 1 saturated carbocycles. The first-order valence-corrected chi connectivity index (χ1v) is 10.2. The summed E-state index contributed by atoms with van der Waals surface area (Å²) < 4.78 is 50.1. The van der Waals surface area contributed by atoms with E-state index in [9.17, 15) is 23.2 Å². The van der Waals surface area contributed by atoms with Crippen LogP contribution in [0.4, 0.5) is 13.2 Å². The minimum atomic E-state index is -4.69. The molecule has 1 fully saturated rings. The molecule has 0 spiro atoms. The Morgan fingerprint density at radius 2 is 1.72 bits per heavy atom. The predicted octanol–water partition coefficient (Wildman–Crippen LogP) is 6.93. The molecule has 2 aromatic carbocycles. The number of para-hydroxylation sites is 1. The Morgan fingerprint density at radius 1 is 1.09 bits per heavy atom. The van der Waals surface area contributed by atoms with Gasteiger partial charge in [-0.2, -0.15) is 18.4 Å². The number of esters is 1. The molecule has 168 valence electrons. The Hall–Kier alpha value is -2.98. The Morgan fingerprint density at radius 3 is 2.31 bits per heavy atom. The number of benzene rings is 2. The first-order valence-electron chi connectivity index (χ1n) is 9.83. The van der Waals surface area contributed by atoms with E-state index in [1.54, 1.807) is 50.2 Å². The van der Waals surface area contributed by atoms with Crippen LogP contribution in [0.15, 0.2) is 65.2 Å². The first kappa shape index (κ1) is 23.7. The van der Waals surface area contributed by atoms with Crippen molar-refractivity contribution in [3.8, 4) is 17.6 Å². The molecular formula is C24H21ClF3NO3. The summed E-state index contributed by atoms with van der Waals surface area (Å²) in [6, 6.07) is 17.5. The third-order valence-electron chi connectivity index (χ3n) is 5.63. The maximum atomic E-state index is 13.0. The van der Waals surface area contributed by atoms with Crippen LogP contribution in [0.3, 0.4) is 0 Å². The van der Waals surface area contributed by atoms with E-state index in [1.807, 2.05) is 24.3 Å². The summed E-state index contributed by atoms with van der Waals surface area (Å²) in [5.74, 6) is -1.26. The van der Waals surface area contributed by atoms with Gasteiger partial charge in [-0.25, -0.2) is 0 Å². The van der Waals surface area contributed by atoms with Crippen molar-refractivity contribution in [2.24, 2.45) is 17.3 Å². The van der Waals surface area contributed by atoms with E-state index in [0.29, 0.717) is 17.1 Å². The molecule has 8 heteroatoms. The van der Waals surface area contributed by atoms with Crippen molar-refractivity contribution in [1.82, 2.24) is 0 Å². The second-order valence-electron chi connectivity index (χ2n) is 8.21. The zero-order valence-electron chi connectivity index (χ0n) is 17.6. The number of hydrogen-bond donors (Lipinski definition) is 0. The monoisotopic (exact) mass is 463 g/mol. The molecule has 1 unspecified atom stereocenters. The highest BCUT2D eigenvalue weighted by atomic mass is 35.5. The summed E-state index contributed by atoms with van der Waals surface area (Å²) in [5.41, 5.74) is -0.493. The van der Waals surface area contributed by atoms with Gasteiger partial charge in [0, 0.05) is 11.5 Å².